The molecule has 0 aliphatic carbocycles. The molecule has 0 fully saturated rings. The molecule has 0 radical (unpaired) electrons. The molecule has 0 bridgehead atoms. The van der Waals surface area contributed by atoms with E-state index < -0.39 is 0 Å². The molecule has 3 rings (SSSR count). The lowest BCUT2D eigenvalue weighted by Gasteiger charge is -2.09. The van der Waals surface area contributed by atoms with Gasteiger partial charge in [0.25, 0.3) is 0 Å². The number of aromatic nitrogens is 1. The van der Waals surface area contributed by atoms with E-state index in [1.165, 1.54) is 11.1 Å². The molecule has 0 aliphatic heterocycles. The van der Waals surface area contributed by atoms with Crippen molar-refractivity contribution in [2.45, 2.75) is 27.0 Å². The first-order valence-electron chi connectivity index (χ1n) is 8.86. The SMILES string of the molecule is Cc1ccc(NC(N)=NCc2ccnc(OCc3ccccc3)c2)cc1C. The largest absolute Gasteiger partial charge is 0.473 e. The summed E-state index contributed by atoms with van der Waals surface area (Å²) in [7, 11) is 0. The standard InChI is InChI=1S/C22H24N4O/c1-16-8-9-20(12-17(16)2)26-22(23)25-14-19-10-11-24-21(13-19)27-15-18-6-4-3-5-7-18/h3-13H,14-15H2,1-2H3,(H3,23,25,26). The Bertz CT molecular complexity index is 923. The van der Waals surface area contributed by atoms with Gasteiger partial charge in [-0.1, -0.05) is 36.4 Å². The lowest BCUT2D eigenvalue weighted by molar-refractivity contribution is 0.293. The summed E-state index contributed by atoms with van der Waals surface area (Å²) < 4.78 is 5.75. The van der Waals surface area contributed by atoms with E-state index in [0.29, 0.717) is 25.0 Å². The smallest absolute Gasteiger partial charge is 0.213 e. The van der Waals surface area contributed by atoms with Gasteiger partial charge in [-0.05, 0) is 54.3 Å². The van der Waals surface area contributed by atoms with Crippen LogP contribution >= 0.6 is 0 Å². The van der Waals surface area contributed by atoms with Crippen LogP contribution in [0, 0.1) is 13.8 Å². The molecule has 0 spiro atoms. The third kappa shape index (κ3) is 5.57. The minimum absolute atomic E-state index is 0.377. The fourth-order valence-electron chi connectivity index (χ4n) is 2.54. The molecule has 2 aromatic carbocycles. The van der Waals surface area contributed by atoms with Gasteiger partial charge in [0.15, 0.2) is 5.96 Å². The summed E-state index contributed by atoms with van der Waals surface area (Å²) in [6.45, 7) is 5.09. The average molecular weight is 360 g/mol. The van der Waals surface area contributed by atoms with E-state index in [0.717, 1.165) is 16.8 Å². The lowest BCUT2D eigenvalue weighted by atomic mass is 10.1. The number of pyridine rings is 1. The number of aryl methyl sites for hydroxylation is 2. The summed E-state index contributed by atoms with van der Waals surface area (Å²) in [5, 5.41) is 3.12. The monoisotopic (exact) mass is 360 g/mol. The summed E-state index contributed by atoms with van der Waals surface area (Å²) in [6.07, 6.45) is 1.72. The normalized spacial score (nSPS) is 11.3. The Morgan fingerprint density at radius 3 is 2.59 bits per heavy atom. The summed E-state index contributed by atoms with van der Waals surface area (Å²) in [5.41, 5.74) is 11.5. The van der Waals surface area contributed by atoms with Gasteiger partial charge < -0.3 is 15.8 Å². The molecule has 0 amide bonds. The van der Waals surface area contributed by atoms with Crippen molar-refractivity contribution < 1.29 is 4.74 Å². The van der Waals surface area contributed by atoms with E-state index in [1.807, 2.05) is 48.5 Å². The number of nitrogens with one attached hydrogen (secondary N) is 1. The quantitative estimate of drug-likeness (QED) is 0.510. The van der Waals surface area contributed by atoms with Crippen molar-refractivity contribution in [1.82, 2.24) is 4.98 Å². The summed E-state index contributed by atoms with van der Waals surface area (Å²) in [6, 6.07) is 19.9. The Labute approximate surface area is 159 Å². The minimum atomic E-state index is 0.377. The molecule has 1 aromatic heterocycles. The fraction of sp³-hybridized carbons (Fsp3) is 0.182. The first kappa shape index (κ1) is 18.5. The minimum Gasteiger partial charge on any atom is -0.473 e. The molecule has 5 nitrogen and oxygen atoms in total. The third-order valence-corrected chi connectivity index (χ3v) is 4.24. The maximum Gasteiger partial charge on any atom is 0.213 e. The van der Waals surface area contributed by atoms with Crippen LogP contribution in [-0.4, -0.2) is 10.9 Å². The zero-order valence-corrected chi connectivity index (χ0v) is 15.6. The number of aliphatic imine (C=N–C) groups is 1. The number of nitrogens with two attached hydrogens (primary N) is 1. The van der Waals surface area contributed by atoms with E-state index in [9.17, 15) is 0 Å². The van der Waals surface area contributed by atoms with Crippen LogP contribution in [0.2, 0.25) is 0 Å². The first-order chi connectivity index (χ1) is 13.1. The number of ether oxygens (including phenoxy) is 1. The van der Waals surface area contributed by atoms with Gasteiger partial charge >= 0.3 is 0 Å². The van der Waals surface area contributed by atoms with Gasteiger partial charge in [0.05, 0.1) is 6.54 Å². The van der Waals surface area contributed by atoms with Crippen molar-refractivity contribution in [3.8, 4) is 5.88 Å². The molecular formula is C22H24N4O. The highest BCUT2D eigenvalue weighted by molar-refractivity contribution is 5.92. The van der Waals surface area contributed by atoms with E-state index >= 15 is 0 Å². The molecule has 5 heteroatoms. The van der Waals surface area contributed by atoms with Gasteiger partial charge in [-0.25, -0.2) is 9.98 Å². The fourth-order valence-corrected chi connectivity index (χ4v) is 2.54. The van der Waals surface area contributed by atoms with Gasteiger partial charge in [-0.2, -0.15) is 0 Å². The highest BCUT2D eigenvalue weighted by Gasteiger charge is 2.01. The molecule has 0 aliphatic rings. The Morgan fingerprint density at radius 1 is 1.00 bits per heavy atom. The van der Waals surface area contributed by atoms with E-state index in [2.05, 4.69) is 41.3 Å². The molecule has 0 saturated carbocycles. The number of nitrogens with zero attached hydrogens (tertiary/aromatic N) is 2. The summed E-state index contributed by atoms with van der Waals surface area (Å²) in [5.74, 6) is 0.953. The molecule has 0 unspecified atom stereocenters. The van der Waals surface area contributed by atoms with Crippen LogP contribution in [0.4, 0.5) is 5.69 Å². The average Bonchev–Trinajstić information content (AvgIpc) is 2.69. The molecule has 3 aromatic rings. The Morgan fingerprint density at radius 2 is 1.81 bits per heavy atom. The Balaban J connectivity index is 1.58. The van der Waals surface area contributed by atoms with Crippen molar-refractivity contribution in [1.29, 1.82) is 0 Å². The zero-order valence-electron chi connectivity index (χ0n) is 15.6. The second kappa shape index (κ2) is 8.85. The summed E-state index contributed by atoms with van der Waals surface area (Å²) >= 11 is 0. The molecule has 0 saturated heterocycles. The molecular weight excluding hydrogens is 336 g/mol. The van der Waals surface area contributed by atoms with E-state index in [1.54, 1.807) is 6.20 Å². The number of hydrogen-bond donors (Lipinski definition) is 2. The van der Waals surface area contributed by atoms with Crippen molar-refractivity contribution in [3.05, 3.63) is 89.1 Å². The summed E-state index contributed by atoms with van der Waals surface area (Å²) in [4.78, 5) is 8.65. The Hall–Kier alpha value is -3.34. The maximum absolute atomic E-state index is 6.01. The predicted octanol–water partition coefficient (Wildman–Crippen LogP) is 4.20. The number of rotatable bonds is 6. The van der Waals surface area contributed by atoms with Crippen molar-refractivity contribution in [2.75, 3.05) is 5.32 Å². The number of anilines is 1. The number of hydrogen-bond acceptors (Lipinski definition) is 3. The topological polar surface area (TPSA) is 72.5 Å². The van der Waals surface area contributed by atoms with Crippen LogP contribution in [0.15, 0.2) is 71.9 Å². The number of benzene rings is 2. The molecule has 138 valence electrons. The van der Waals surface area contributed by atoms with Gasteiger partial charge in [0, 0.05) is 18.0 Å². The lowest BCUT2D eigenvalue weighted by Crippen LogP contribution is -2.22. The number of guanidine groups is 1. The highest BCUT2D eigenvalue weighted by atomic mass is 16.5. The van der Waals surface area contributed by atoms with Crippen LogP contribution in [0.3, 0.4) is 0 Å². The van der Waals surface area contributed by atoms with Gasteiger partial charge in [0.1, 0.15) is 6.61 Å². The van der Waals surface area contributed by atoms with Crippen LogP contribution in [0.5, 0.6) is 5.88 Å². The van der Waals surface area contributed by atoms with Crippen LogP contribution in [0.25, 0.3) is 0 Å². The van der Waals surface area contributed by atoms with Gasteiger partial charge in [-0.15, -0.1) is 0 Å². The van der Waals surface area contributed by atoms with Crippen LogP contribution in [0.1, 0.15) is 22.3 Å². The van der Waals surface area contributed by atoms with Crippen molar-refractivity contribution in [3.63, 3.8) is 0 Å². The third-order valence-electron chi connectivity index (χ3n) is 4.24. The molecule has 27 heavy (non-hydrogen) atoms. The Kier molecular flexibility index (Phi) is 6.05. The second-order valence-electron chi connectivity index (χ2n) is 6.40. The van der Waals surface area contributed by atoms with Gasteiger partial charge in [0.2, 0.25) is 5.88 Å². The molecule has 0 atom stereocenters. The van der Waals surface area contributed by atoms with Crippen LogP contribution in [-0.2, 0) is 13.2 Å². The van der Waals surface area contributed by atoms with E-state index in [-0.39, 0.29) is 0 Å². The molecule has 1 heterocycles. The van der Waals surface area contributed by atoms with Crippen molar-refractivity contribution >= 4 is 11.6 Å². The predicted molar refractivity (Wildman–Crippen MR) is 110 cm³/mol. The zero-order chi connectivity index (χ0) is 19.1. The maximum atomic E-state index is 6.01. The van der Waals surface area contributed by atoms with E-state index in [4.69, 9.17) is 10.5 Å². The van der Waals surface area contributed by atoms with Crippen LogP contribution < -0.4 is 15.8 Å². The second-order valence-corrected chi connectivity index (χ2v) is 6.40. The highest BCUT2D eigenvalue weighted by Crippen LogP contribution is 2.15. The molecule has 3 N–H and O–H groups in total. The van der Waals surface area contributed by atoms with Crippen molar-refractivity contribution in [2.24, 2.45) is 10.7 Å². The first-order valence-corrected chi connectivity index (χ1v) is 8.86. The van der Waals surface area contributed by atoms with Gasteiger partial charge in [-0.3, -0.25) is 0 Å².